The Morgan fingerprint density at radius 1 is 0.300 bits per heavy atom. The van der Waals surface area contributed by atoms with Crippen LogP contribution in [0.3, 0.4) is 0 Å². The second-order valence-electron chi connectivity index (χ2n) is 19.1. The van der Waals surface area contributed by atoms with E-state index in [1.807, 2.05) is 0 Å². The van der Waals surface area contributed by atoms with Crippen molar-refractivity contribution < 1.29 is 28.6 Å². The molecule has 0 N–H and O–H groups in total. The summed E-state index contributed by atoms with van der Waals surface area (Å²) < 4.78 is 16.8. The number of hydrogen-bond donors (Lipinski definition) is 0. The molecule has 6 nitrogen and oxygen atoms in total. The molecule has 0 spiro atoms. The Kier molecular flexibility index (Phi) is 54.9. The van der Waals surface area contributed by atoms with E-state index in [2.05, 4.69) is 118 Å². The van der Waals surface area contributed by atoms with E-state index >= 15 is 0 Å². The van der Waals surface area contributed by atoms with Gasteiger partial charge in [-0.05, 0) is 96.3 Å². The number of esters is 3. The minimum Gasteiger partial charge on any atom is -0.462 e. The van der Waals surface area contributed by atoms with E-state index in [9.17, 15) is 14.4 Å². The van der Waals surface area contributed by atoms with Crippen LogP contribution in [-0.4, -0.2) is 37.2 Å². The van der Waals surface area contributed by atoms with Crippen molar-refractivity contribution in [3.8, 4) is 0 Å². The average Bonchev–Trinajstić information content (AvgIpc) is 3.36. The lowest BCUT2D eigenvalue weighted by Crippen LogP contribution is -2.30. The second kappa shape index (κ2) is 57.9. The Morgan fingerprint density at radius 3 is 0.871 bits per heavy atom. The van der Waals surface area contributed by atoms with Gasteiger partial charge >= 0.3 is 17.9 Å². The van der Waals surface area contributed by atoms with Crippen LogP contribution in [0.2, 0.25) is 0 Å². The number of carbonyl (C=O) groups excluding carboxylic acids is 3. The molecule has 0 rings (SSSR count). The van der Waals surface area contributed by atoms with Crippen molar-refractivity contribution >= 4 is 17.9 Å². The van der Waals surface area contributed by atoms with Crippen LogP contribution in [0.1, 0.15) is 271 Å². The molecule has 6 heteroatoms. The number of rotatable bonds is 52. The number of unbranched alkanes of at least 4 members (excludes halogenated alkanes) is 25. The van der Waals surface area contributed by atoms with Crippen molar-refractivity contribution in [3.63, 3.8) is 0 Å². The number of allylic oxidation sites excluding steroid dienone is 16. The van der Waals surface area contributed by atoms with Crippen molar-refractivity contribution in [2.45, 2.75) is 277 Å². The summed E-state index contributed by atoms with van der Waals surface area (Å²) in [5, 5.41) is 0. The van der Waals surface area contributed by atoms with E-state index in [1.165, 1.54) is 109 Å². The van der Waals surface area contributed by atoms with Gasteiger partial charge < -0.3 is 14.2 Å². The Morgan fingerprint density at radius 2 is 0.557 bits per heavy atom. The number of ether oxygens (including phenoxy) is 3. The Balaban J connectivity index is 4.23. The van der Waals surface area contributed by atoms with Gasteiger partial charge in [0.1, 0.15) is 13.2 Å². The predicted molar refractivity (Wildman–Crippen MR) is 302 cm³/mol. The van der Waals surface area contributed by atoms with Crippen molar-refractivity contribution in [1.29, 1.82) is 0 Å². The van der Waals surface area contributed by atoms with Crippen LogP contribution in [0.15, 0.2) is 97.2 Å². The summed E-state index contributed by atoms with van der Waals surface area (Å²) in [5.74, 6) is -0.899. The molecule has 0 aromatic heterocycles. The first-order valence-corrected chi connectivity index (χ1v) is 29.2. The molecule has 0 aromatic carbocycles. The fraction of sp³-hybridized carbons (Fsp3) is 0.703. The van der Waals surface area contributed by atoms with E-state index in [0.717, 1.165) is 122 Å². The fourth-order valence-corrected chi connectivity index (χ4v) is 8.01. The molecular weight excluding hydrogens is 865 g/mol. The smallest absolute Gasteiger partial charge is 0.306 e. The maximum absolute atomic E-state index is 12.8. The largest absolute Gasteiger partial charge is 0.462 e. The van der Waals surface area contributed by atoms with E-state index in [0.29, 0.717) is 19.3 Å². The van der Waals surface area contributed by atoms with Gasteiger partial charge in [0.05, 0.1) is 0 Å². The predicted octanol–water partition coefficient (Wildman–Crippen LogP) is 19.7. The van der Waals surface area contributed by atoms with Crippen LogP contribution in [-0.2, 0) is 28.6 Å². The zero-order chi connectivity index (χ0) is 50.7. The third-order valence-corrected chi connectivity index (χ3v) is 12.3. The van der Waals surface area contributed by atoms with Gasteiger partial charge in [0.15, 0.2) is 6.10 Å². The molecule has 0 heterocycles. The molecule has 1 atom stereocenters. The highest BCUT2D eigenvalue weighted by molar-refractivity contribution is 5.71. The topological polar surface area (TPSA) is 78.9 Å². The SMILES string of the molecule is CC/C=C\C/C=C\C/C=C\C/C=C\CCCCCCCCCCCCCCC(=O)OCC(COC(=O)CCCCCCCCCC)OC(=O)CCCCCCCC/C=C\C/C=C\C/C=C\C/C=C\CC. The molecule has 70 heavy (non-hydrogen) atoms. The summed E-state index contributed by atoms with van der Waals surface area (Å²) in [6.45, 7) is 6.38. The number of carbonyl (C=O) groups is 3. The highest BCUT2D eigenvalue weighted by atomic mass is 16.6. The van der Waals surface area contributed by atoms with Crippen molar-refractivity contribution in [3.05, 3.63) is 97.2 Å². The molecule has 0 aliphatic heterocycles. The molecule has 0 amide bonds. The third-order valence-electron chi connectivity index (χ3n) is 12.3. The van der Waals surface area contributed by atoms with Crippen molar-refractivity contribution in [1.82, 2.24) is 0 Å². The molecule has 0 saturated carbocycles. The summed E-state index contributed by atoms with van der Waals surface area (Å²) in [6, 6.07) is 0. The van der Waals surface area contributed by atoms with Crippen LogP contribution in [0, 0.1) is 0 Å². The minimum atomic E-state index is -0.784. The van der Waals surface area contributed by atoms with E-state index in [1.54, 1.807) is 0 Å². The van der Waals surface area contributed by atoms with Crippen LogP contribution in [0.4, 0.5) is 0 Å². The van der Waals surface area contributed by atoms with E-state index in [4.69, 9.17) is 14.2 Å². The van der Waals surface area contributed by atoms with Gasteiger partial charge in [0.2, 0.25) is 0 Å². The van der Waals surface area contributed by atoms with Gasteiger partial charge in [0, 0.05) is 19.3 Å². The normalized spacial score (nSPS) is 12.8. The summed E-state index contributed by atoms with van der Waals surface area (Å²) in [6.07, 6.45) is 77.0. The molecule has 0 bridgehead atoms. The zero-order valence-electron chi connectivity index (χ0n) is 45.8. The van der Waals surface area contributed by atoms with Crippen LogP contribution >= 0.6 is 0 Å². The second-order valence-corrected chi connectivity index (χ2v) is 19.1. The summed E-state index contributed by atoms with van der Waals surface area (Å²) in [5.41, 5.74) is 0. The fourth-order valence-electron chi connectivity index (χ4n) is 8.01. The Hall–Kier alpha value is -3.67. The summed E-state index contributed by atoms with van der Waals surface area (Å²) in [7, 11) is 0. The van der Waals surface area contributed by atoms with Gasteiger partial charge in [-0.15, -0.1) is 0 Å². The van der Waals surface area contributed by atoms with Gasteiger partial charge in [-0.25, -0.2) is 0 Å². The molecule has 0 saturated heterocycles. The highest BCUT2D eigenvalue weighted by Gasteiger charge is 2.19. The molecule has 0 aromatic rings. The van der Waals surface area contributed by atoms with Crippen molar-refractivity contribution in [2.75, 3.05) is 13.2 Å². The highest BCUT2D eigenvalue weighted by Crippen LogP contribution is 2.15. The quantitative estimate of drug-likeness (QED) is 0.0262. The van der Waals surface area contributed by atoms with Crippen LogP contribution < -0.4 is 0 Å². The Labute approximate surface area is 432 Å². The first kappa shape index (κ1) is 66.3. The molecule has 0 aliphatic rings. The van der Waals surface area contributed by atoms with E-state index in [-0.39, 0.29) is 31.1 Å². The lowest BCUT2D eigenvalue weighted by molar-refractivity contribution is -0.167. The molecule has 400 valence electrons. The van der Waals surface area contributed by atoms with Gasteiger partial charge in [0.25, 0.3) is 0 Å². The molecule has 0 fully saturated rings. The minimum absolute atomic E-state index is 0.0825. The van der Waals surface area contributed by atoms with Gasteiger partial charge in [-0.2, -0.15) is 0 Å². The average molecular weight is 974 g/mol. The van der Waals surface area contributed by atoms with Crippen molar-refractivity contribution in [2.24, 2.45) is 0 Å². The number of hydrogen-bond acceptors (Lipinski definition) is 6. The van der Waals surface area contributed by atoms with E-state index < -0.39 is 6.10 Å². The Bertz CT molecular complexity index is 1400. The van der Waals surface area contributed by atoms with Crippen LogP contribution in [0.25, 0.3) is 0 Å². The lowest BCUT2D eigenvalue weighted by Gasteiger charge is -2.18. The molecular formula is C64H108O6. The molecule has 1 unspecified atom stereocenters. The first-order chi connectivity index (χ1) is 34.5. The molecule has 0 radical (unpaired) electrons. The summed E-state index contributed by atoms with van der Waals surface area (Å²) in [4.78, 5) is 38.0. The maximum atomic E-state index is 12.8. The monoisotopic (exact) mass is 973 g/mol. The third kappa shape index (κ3) is 55.3. The maximum Gasteiger partial charge on any atom is 0.306 e. The van der Waals surface area contributed by atoms with Gasteiger partial charge in [-0.3, -0.25) is 14.4 Å². The van der Waals surface area contributed by atoms with Gasteiger partial charge in [-0.1, -0.05) is 253 Å². The summed E-state index contributed by atoms with van der Waals surface area (Å²) >= 11 is 0. The molecule has 0 aliphatic carbocycles. The standard InChI is InChI=1S/C64H108O6/c1-4-7-10-13-16-19-21-23-25-27-29-30-31-32-33-34-36-37-39-41-43-45-48-51-54-57-63(66)69-60-61(59-68-62(65)56-53-50-47-18-15-12-9-6-3)70-64(67)58-55-52-49-46-44-42-40-38-35-28-26-24-22-20-17-14-11-8-5-2/h7-8,10-11,16-17,19-20,23-26,29-30,35,38,61H,4-6,9,12-15,18,21-22,27-28,31-34,36-37,39-60H2,1-3H3/b10-7-,11-8-,19-16-,20-17-,25-23-,26-24-,30-29-,38-35-. The van der Waals surface area contributed by atoms with Crippen LogP contribution in [0.5, 0.6) is 0 Å². The lowest BCUT2D eigenvalue weighted by atomic mass is 10.0. The first-order valence-electron chi connectivity index (χ1n) is 29.2. The zero-order valence-corrected chi connectivity index (χ0v) is 45.8.